The molecule has 0 aliphatic heterocycles. The molecular weight excluding hydrogens is 264 g/mol. The van der Waals surface area contributed by atoms with Crippen LogP contribution in [-0.2, 0) is 5.41 Å². The Morgan fingerprint density at radius 1 is 1.14 bits per heavy atom. The van der Waals surface area contributed by atoms with Gasteiger partial charge in [-0.05, 0) is 35.6 Å². The SMILES string of the molecule is Cc1ccc(C(=O)NN=Cc2ccc(C(C)(C)C)cc2)o1. The smallest absolute Gasteiger partial charge is 0.307 e. The minimum atomic E-state index is -0.356. The molecule has 0 saturated carbocycles. The van der Waals surface area contributed by atoms with Gasteiger partial charge < -0.3 is 4.42 Å². The highest BCUT2D eigenvalue weighted by molar-refractivity contribution is 5.92. The maximum atomic E-state index is 11.7. The summed E-state index contributed by atoms with van der Waals surface area (Å²) in [6.45, 7) is 8.29. The van der Waals surface area contributed by atoms with Gasteiger partial charge in [0, 0.05) is 0 Å². The highest BCUT2D eigenvalue weighted by Crippen LogP contribution is 2.21. The molecule has 0 radical (unpaired) electrons. The number of nitrogens with zero attached hydrogens (tertiary/aromatic N) is 1. The molecule has 0 fully saturated rings. The lowest BCUT2D eigenvalue weighted by Crippen LogP contribution is -2.16. The lowest BCUT2D eigenvalue weighted by atomic mass is 9.87. The van der Waals surface area contributed by atoms with Crippen molar-refractivity contribution in [1.82, 2.24) is 5.43 Å². The van der Waals surface area contributed by atoms with Crippen LogP contribution in [0.3, 0.4) is 0 Å². The summed E-state index contributed by atoms with van der Waals surface area (Å²) >= 11 is 0. The molecule has 1 N–H and O–H groups in total. The van der Waals surface area contributed by atoms with Gasteiger partial charge in [0.05, 0.1) is 6.21 Å². The third-order valence-electron chi connectivity index (χ3n) is 3.12. The molecule has 0 aliphatic rings. The van der Waals surface area contributed by atoms with E-state index in [9.17, 15) is 4.79 Å². The predicted molar refractivity (Wildman–Crippen MR) is 83.6 cm³/mol. The molecule has 2 rings (SSSR count). The summed E-state index contributed by atoms with van der Waals surface area (Å²) in [4.78, 5) is 11.7. The van der Waals surface area contributed by atoms with Gasteiger partial charge in [0.2, 0.25) is 0 Å². The number of nitrogens with one attached hydrogen (secondary N) is 1. The fraction of sp³-hybridized carbons (Fsp3) is 0.294. The zero-order valence-corrected chi connectivity index (χ0v) is 12.8. The van der Waals surface area contributed by atoms with E-state index in [1.807, 2.05) is 12.1 Å². The molecule has 0 bridgehead atoms. The summed E-state index contributed by atoms with van der Waals surface area (Å²) in [5, 5.41) is 3.93. The molecule has 1 aromatic carbocycles. The van der Waals surface area contributed by atoms with Crippen LogP contribution in [-0.4, -0.2) is 12.1 Å². The van der Waals surface area contributed by atoms with E-state index in [1.54, 1.807) is 25.3 Å². The Labute approximate surface area is 124 Å². The monoisotopic (exact) mass is 284 g/mol. The van der Waals surface area contributed by atoms with Crippen LogP contribution in [0.15, 0.2) is 45.9 Å². The first-order valence-electron chi connectivity index (χ1n) is 6.86. The van der Waals surface area contributed by atoms with E-state index < -0.39 is 0 Å². The van der Waals surface area contributed by atoms with Crippen LogP contribution < -0.4 is 5.43 Å². The lowest BCUT2D eigenvalue weighted by molar-refractivity contribution is 0.0926. The molecule has 1 amide bonds. The minimum Gasteiger partial charge on any atom is -0.456 e. The van der Waals surface area contributed by atoms with Gasteiger partial charge in [-0.2, -0.15) is 5.10 Å². The number of benzene rings is 1. The second-order valence-electron chi connectivity index (χ2n) is 5.98. The van der Waals surface area contributed by atoms with Gasteiger partial charge in [-0.25, -0.2) is 5.43 Å². The number of furan rings is 1. The molecule has 0 aliphatic carbocycles. The molecule has 0 atom stereocenters. The molecule has 21 heavy (non-hydrogen) atoms. The normalized spacial score (nSPS) is 11.8. The quantitative estimate of drug-likeness (QED) is 0.691. The molecule has 1 heterocycles. The fourth-order valence-electron chi connectivity index (χ4n) is 1.85. The van der Waals surface area contributed by atoms with Crippen molar-refractivity contribution < 1.29 is 9.21 Å². The number of carbonyl (C=O) groups excluding carboxylic acids is 1. The Kier molecular flexibility index (Phi) is 4.26. The number of carbonyl (C=O) groups is 1. The molecule has 0 saturated heterocycles. The first kappa shape index (κ1) is 15.0. The van der Waals surface area contributed by atoms with E-state index >= 15 is 0 Å². The van der Waals surface area contributed by atoms with Gasteiger partial charge in [0.15, 0.2) is 5.76 Å². The van der Waals surface area contributed by atoms with Crippen LogP contribution in [0.1, 0.15) is 48.2 Å². The molecule has 2 aromatic rings. The summed E-state index contributed by atoms with van der Waals surface area (Å²) in [6, 6.07) is 11.5. The largest absolute Gasteiger partial charge is 0.456 e. The summed E-state index contributed by atoms with van der Waals surface area (Å²) in [5.41, 5.74) is 4.76. The highest BCUT2D eigenvalue weighted by Gasteiger charge is 2.12. The van der Waals surface area contributed by atoms with E-state index in [-0.39, 0.29) is 17.1 Å². The maximum absolute atomic E-state index is 11.7. The Bertz CT molecular complexity index is 646. The lowest BCUT2D eigenvalue weighted by Gasteiger charge is -2.18. The summed E-state index contributed by atoms with van der Waals surface area (Å²) in [6.07, 6.45) is 1.61. The van der Waals surface area contributed by atoms with Crippen molar-refractivity contribution >= 4 is 12.1 Å². The van der Waals surface area contributed by atoms with Crippen molar-refractivity contribution in [3.63, 3.8) is 0 Å². The van der Waals surface area contributed by atoms with E-state index in [0.717, 1.165) is 5.56 Å². The molecule has 110 valence electrons. The first-order valence-corrected chi connectivity index (χ1v) is 6.86. The molecule has 0 spiro atoms. The second kappa shape index (κ2) is 5.95. The van der Waals surface area contributed by atoms with Gasteiger partial charge >= 0.3 is 5.91 Å². The van der Waals surface area contributed by atoms with E-state index in [1.165, 1.54) is 5.56 Å². The third-order valence-corrected chi connectivity index (χ3v) is 3.12. The standard InChI is InChI=1S/C17H20N2O2/c1-12-5-10-15(21-12)16(20)19-18-11-13-6-8-14(9-7-13)17(2,3)4/h5-11H,1-4H3,(H,19,20). The van der Waals surface area contributed by atoms with Crippen LogP contribution >= 0.6 is 0 Å². The van der Waals surface area contributed by atoms with Crippen LogP contribution in [0, 0.1) is 6.92 Å². The van der Waals surface area contributed by atoms with Crippen molar-refractivity contribution in [3.8, 4) is 0 Å². The van der Waals surface area contributed by atoms with Crippen LogP contribution in [0.2, 0.25) is 0 Å². The molecule has 1 aromatic heterocycles. The average Bonchev–Trinajstić information content (AvgIpc) is 2.85. The van der Waals surface area contributed by atoms with Crippen LogP contribution in [0.4, 0.5) is 0 Å². The number of aryl methyl sites for hydroxylation is 1. The second-order valence-corrected chi connectivity index (χ2v) is 5.98. The predicted octanol–water partition coefficient (Wildman–Crippen LogP) is 3.65. The van der Waals surface area contributed by atoms with Gasteiger partial charge in [-0.1, -0.05) is 45.0 Å². The zero-order chi connectivity index (χ0) is 15.5. The summed E-state index contributed by atoms with van der Waals surface area (Å²) in [5.74, 6) is 0.597. The highest BCUT2D eigenvalue weighted by atomic mass is 16.3. The Morgan fingerprint density at radius 3 is 2.33 bits per heavy atom. The number of amides is 1. The van der Waals surface area contributed by atoms with Crippen molar-refractivity contribution in [1.29, 1.82) is 0 Å². The van der Waals surface area contributed by atoms with Crippen LogP contribution in [0.25, 0.3) is 0 Å². The molecule has 4 heteroatoms. The topological polar surface area (TPSA) is 54.6 Å². The van der Waals surface area contributed by atoms with Gasteiger partial charge in [0.25, 0.3) is 0 Å². The van der Waals surface area contributed by atoms with Crippen molar-refractivity contribution in [2.45, 2.75) is 33.1 Å². The fourth-order valence-corrected chi connectivity index (χ4v) is 1.85. The van der Waals surface area contributed by atoms with E-state index in [0.29, 0.717) is 5.76 Å². The van der Waals surface area contributed by atoms with Gasteiger partial charge in [0.1, 0.15) is 5.76 Å². The molecule has 4 nitrogen and oxygen atoms in total. The molecule has 0 unspecified atom stereocenters. The Balaban J connectivity index is 1.97. The first-order chi connectivity index (χ1) is 9.86. The number of hydrazone groups is 1. The van der Waals surface area contributed by atoms with Crippen molar-refractivity contribution in [2.75, 3.05) is 0 Å². The summed E-state index contributed by atoms with van der Waals surface area (Å²) in [7, 11) is 0. The third kappa shape index (κ3) is 4.05. The maximum Gasteiger partial charge on any atom is 0.307 e. The van der Waals surface area contributed by atoms with Gasteiger partial charge in [-0.3, -0.25) is 4.79 Å². The van der Waals surface area contributed by atoms with Crippen LogP contribution in [0.5, 0.6) is 0 Å². The number of rotatable bonds is 3. The zero-order valence-electron chi connectivity index (χ0n) is 12.8. The summed E-state index contributed by atoms with van der Waals surface area (Å²) < 4.78 is 5.22. The molecular formula is C17H20N2O2. The average molecular weight is 284 g/mol. The van der Waals surface area contributed by atoms with E-state index in [2.05, 4.69) is 43.4 Å². The van der Waals surface area contributed by atoms with E-state index in [4.69, 9.17) is 4.42 Å². The van der Waals surface area contributed by atoms with Crippen molar-refractivity contribution in [3.05, 3.63) is 59.0 Å². The Morgan fingerprint density at radius 2 is 1.81 bits per heavy atom. The number of hydrogen-bond donors (Lipinski definition) is 1. The van der Waals surface area contributed by atoms with Gasteiger partial charge in [-0.15, -0.1) is 0 Å². The van der Waals surface area contributed by atoms with Crippen molar-refractivity contribution in [2.24, 2.45) is 5.10 Å². The minimum absolute atomic E-state index is 0.126. The number of hydrogen-bond acceptors (Lipinski definition) is 3. The Hall–Kier alpha value is -2.36.